The van der Waals surface area contributed by atoms with Crippen molar-refractivity contribution in [3.05, 3.63) is 56.4 Å². The summed E-state index contributed by atoms with van der Waals surface area (Å²) in [4.78, 5) is 41.5. The van der Waals surface area contributed by atoms with Gasteiger partial charge < -0.3 is 10.4 Å². The Bertz CT molecular complexity index is 1090. The van der Waals surface area contributed by atoms with E-state index < -0.39 is 11.5 Å². The van der Waals surface area contributed by atoms with Crippen LogP contribution in [0.15, 0.2) is 28.4 Å². The molecule has 3 rings (SSSR count). The number of nitrogens with one attached hydrogen (secondary N) is 1. The van der Waals surface area contributed by atoms with Crippen LogP contribution in [0.1, 0.15) is 34.2 Å². The normalized spacial score (nSPS) is 10.9. The van der Waals surface area contributed by atoms with Gasteiger partial charge in [0.25, 0.3) is 5.56 Å². The molecule has 3 aromatic rings. The summed E-state index contributed by atoms with van der Waals surface area (Å²) in [6, 6.07) is 5.69. The Labute approximate surface area is 159 Å². The van der Waals surface area contributed by atoms with E-state index in [1.807, 2.05) is 39.0 Å². The van der Waals surface area contributed by atoms with Crippen LogP contribution in [-0.4, -0.2) is 26.5 Å². The number of thiophene rings is 1. The molecule has 8 heteroatoms. The average molecular weight is 385 g/mol. The van der Waals surface area contributed by atoms with E-state index in [9.17, 15) is 19.5 Å². The van der Waals surface area contributed by atoms with Crippen LogP contribution < -0.4 is 10.9 Å². The molecule has 0 radical (unpaired) electrons. The van der Waals surface area contributed by atoms with Gasteiger partial charge in [-0.1, -0.05) is 13.0 Å². The summed E-state index contributed by atoms with van der Waals surface area (Å²) in [5.41, 5.74) is 2.09. The van der Waals surface area contributed by atoms with Crippen molar-refractivity contribution in [3.63, 3.8) is 0 Å². The minimum Gasteiger partial charge on any atom is -0.478 e. The van der Waals surface area contributed by atoms with Gasteiger partial charge >= 0.3 is 5.97 Å². The first-order chi connectivity index (χ1) is 12.8. The molecule has 27 heavy (non-hydrogen) atoms. The molecule has 0 bridgehead atoms. The minimum atomic E-state index is -1.18. The van der Waals surface area contributed by atoms with Crippen molar-refractivity contribution in [2.24, 2.45) is 0 Å². The minimum absolute atomic E-state index is 0.0453. The molecule has 0 aliphatic carbocycles. The molecule has 2 N–H and O–H groups in total. The SMILES string of the molecule is CCc1nc2scc(C(=O)O)c2c(=O)n1CC(=O)Nc1cc(C)cc(C)c1. The zero-order valence-electron chi connectivity index (χ0n) is 15.2. The lowest BCUT2D eigenvalue weighted by molar-refractivity contribution is -0.116. The Morgan fingerprint density at radius 2 is 1.89 bits per heavy atom. The van der Waals surface area contributed by atoms with Crippen molar-refractivity contribution in [1.82, 2.24) is 9.55 Å². The fourth-order valence-corrected chi connectivity index (χ4v) is 3.97. The molecular weight excluding hydrogens is 366 g/mol. The number of carbonyl (C=O) groups is 2. The first-order valence-electron chi connectivity index (χ1n) is 8.42. The van der Waals surface area contributed by atoms with Crippen molar-refractivity contribution in [1.29, 1.82) is 0 Å². The third kappa shape index (κ3) is 3.75. The third-order valence-electron chi connectivity index (χ3n) is 4.13. The maximum Gasteiger partial charge on any atom is 0.337 e. The Kier molecular flexibility index (Phi) is 5.09. The quantitative estimate of drug-likeness (QED) is 0.703. The molecule has 0 saturated heterocycles. The second-order valence-electron chi connectivity index (χ2n) is 6.33. The lowest BCUT2D eigenvalue weighted by Gasteiger charge is -2.12. The fourth-order valence-electron chi connectivity index (χ4n) is 3.05. The molecule has 140 valence electrons. The van der Waals surface area contributed by atoms with Gasteiger partial charge in [0, 0.05) is 17.5 Å². The number of hydrogen-bond donors (Lipinski definition) is 2. The summed E-state index contributed by atoms with van der Waals surface area (Å²) >= 11 is 1.11. The van der Waals surface area contributed by atoms with Gasteiger partial charge in [-0.15, -0.1) is 11.3 Å². The molecule has 7 nitrogen and oxygen atoms in total. The lowest BCUT2D eigenvalue weighted by atomic mass is 10.1. The molecule has 0 aliphatic rings. The number of carboxylic acids is 1. The van der Waals surface area contributed by atoms with Gasteiger partial charge in [-0.05, 0) is 37.1 Å². The number of hydrogen-bond acceptors (Lipinski definition) is 5. The predicted molar refractivity (Wildman–Crippen MR) is 105 cm³/mol. The number of carbonyl (C=O) groups excluding carboxylic acids is 1. The van der Waals surface area contributed by atoms with Crippen molar-refractivity contribution in [3.8, 4) is 0 Å². The van der Waals surface area contributed by atoms with Crippen LogP contribution in [-0.2, 0) is 17.8 Å². The van der Waals surface area contributed by atoms with Crippen LogP contribution >= 0.6 is 11.3 Å². The van der Waals surface area contributed by atoms with Gasteiger partial charge in [-0.25, -0.2) is 9.78 Å². The Morgan fingerprint density at radius 1 is 1.22 bits per heavy atom. The van der Waals surface area contributed by atoms with Gasteiger partial charge in [0.2, 0.25) is 5.91 Å². The average Bonchev–Trinajstić information content (AvgIpc) is 3.00. The van der Waals surface area contributed by atoms with Crippen LogP contribution in [0, 0.1) is 13.8 Å². The number of benzene rings is 1. The summed E-state index contributed by atoms with van der Waals surface area (Å²) in [6.45, 7) is 5.47. The topological polar surface area (TPSA) is 101 Å². The number of aromatic nitrogens is 2. The lowest BCUT2D eigenvalue weighted by Crippen LogP contribution is -2.31. The predicted octanol–water partition coefficient (Wildman–Crippen LogP) is 2.97. The monoisotopic (exact) mass is 385 g/mol. The highest BCUT2D eigenvalue weighted by atomic mass is 32.1. The van der Waals surface area contributed by atoms with E-state index in [4.69, 9.17) is 0 Å². The van der Waals surface area contributed by atoms with E-state index >= 15 is 0 Å². The number of aromatic carboxylic acids is 1. The fraction of sp³-hybridized carbons (Fsp3) is 0.263. The molecular formula is C19H19N3O4S. The highest BCUT2D eigenvalue weighted by Crippen LogP contribution is 2.22. The van der Waals surface area contributed by atoms with E-state index in [0.29, 0.717) is 22.8 Å². The van der Waals surface area contributed by atoms with Crippen molar-refractivity contribution in [2.75, 3.05) is 5.32 Å². The van der Waals surface area contributed by atoms with E-state index in [1.165, 1.54) is 9.95 Å². The Hall–Kier alpha value is -3.00. The maximum absolute atomic E-state index is 12.9. The molecule has 1 aromatic carbocycles. The van der Waals surface area contributed by atoms with E-state index in [0.717, 1.165) is 22.5 Å². The molecule has 0 unspecified atom stereocenters. The number of fused-ring (bicyclic) bond motifs is 1. The summed E-state index contributed by atoms with van der Waals surface area (Å²) in [5, 5.41) is 13.5. The van der Waals surface area contributed by atoms with Gasteiger partial charge in [-0.3, -0.25) is 14.2 Å². The smallest absolute Gasteiger partial charge is 0.337 e. The van der Waals surface area contributed by atoms with Crippen molar-refractivity contribution < 1.29 is 14.7 Å². The van der Waals surface area contributed by atoms with Gasteiger partial charge in [0.05, 0.1) is 10.9 Å². The zero-order valence-corrected chi connectivity index (χ0v) is 16.0. The molecule has 1 amide bonds. The molecule has 2 heterocycles. The van der Waals surface area contributed by atoms with Gasteiger partial charge in [0.15, 0.2) is 0 Å². The summed E-state index contributed by atoms with van der Waals surface area (Å²) < 4.78 is 1.25. The zero-order chi connectivity index (χ0) is 19.7. The third-order valence-corrected chi connectivity index (χ3v) is 5.00. The number of anilines is 1. The maximum atomic E-state index is 12.9. The molecule has 0 aliphatic heterocycles. The highest BCUT2D eigenvalue weighted by molar-refractivity contribution is 7.17. The van der Waals surface area contributed by atoms with Crippen LogP contribution in [0.3, 0.4) is 0 Å². The first kappa shape index (κ1) is 18.8. The summed E-state index contributed by atoms with van der Waals surface area (Å²) in [7, 11) is 0. The van der Waals surface area contributed by atoms with Crippen LogP contribution in [0.4, 0.5) is 5.69 Å². The number of carboxylic acid groups (broad SMARTS) is 1. The number of amides is 1. The molecule has 0 saturated carbocycles. The molecule has 0 atom stereocenters. The number of rotatable bonds is 5. The van der Waals surface area contributed by atoms with E-state index in [-0.39, 0.29) is 23.4 Å². The second-order valence-corrected chi connectivity index (χ2v) is 7.19. The van der Waals surface area contributed by atoms with Gasteiger partial charge in [-0.2, -0.15) is 0 Å². The van der Waals surface area contributed by atoms with Crippen molar-refractivity contribution in [2.45, 2.75) is 33.7 Å². The number of nitrogens with zero attached hydrogens (tertiary/aromatic N) is 2. The van der Waals surface area contributed by atoms with Crippen LogP contribution in [0.25, 0.3) is 10.2 Å². The van der Waals surface area contributed by atoms with Crippen molar-refractivity contribution >= 4 is 39.1 Å². The Morgan fingerprint density at radius 3 is 2.48 bits per heavy atom. The summed E-state index contributed by atoms with van der Waals surface area (Å²) in [5.74, 6) is -1.11. The standard InChI is InChI=1S/C19H19N3O4S/c1-4-14-21-17-16(13(9-27-17)19(25)26)18(24)22(14)8-15(23)20-12-6-10(2)5-11(3)7-12/h5-7,9H,4,8H2,1-3H3,(H,20,23)(H,25,26). The van der Waals surface area contributed by atoms with E-state index in [2.05, 4.69) is 10.3 Å². The van der Waals surface area contributed by atoms with Crippen LogP contribution in [0.2, 0.25) is 0 Å². The second kappa shape index (κ2) is 7.32. The highest BCUT2D eigenvalue weighted by Gasteiger charge is 2.20. The molecule has 2 aromatic heterocycles. The first-order valence-corrected chi connectivity index (χ1v) is 9.30. The molecule has 0 spiro atoms. The number of aryl methyl sites for hydroxylation is 3. The summed E-state index contributed by atoms with van der Waals surface area (Å²) in [6.07, 6.45) is 0.447. The Balaban J connectivity index is 1.99. The van der Waals surface area contributed by atoms with Crippen LogP contribution in [0.5, 0.6) is 0 Å². The van der Waals surface area contributed by atoms with Gasteiger partial charge in [0.1, 0.15) is 17.2 Å². The van der Waals surface area contributed by atoms with E-state index in [1.54, 1.807) is 0 Å². The largest absolute Gasteiger partial charge is 0.478 e. The molecule has 0 fully saturated rings.